The van der Waals surface area contributed by atoms with Crippen LogP contribution in [0.4, 0.5) is 0 Å². The largest absolute Gasteiger partial charge is 0.367 e. The van der Waals surface area contributed by atoms with Gasteiger partial charge in [-0.1, -0.05) is 78.4 Å². The third-order valence-electron chi connectivity index (χ3n) is 8.51. The van der Waals surface area contributed by atoms with Crippen molar-refractivity contribution >= 4 is 5.91 Å². The van der Waals surface area contributed by atoms with Crippen molar-refractivity contribution in [3.8, 4) is 0 Å². The summed E-state index contributed by atoms with van der Waals surface area (Å²) >= 11 is 0. The fraction of sp³-hybridized carbons (Fsp3) is 0.419. The van der Waals surface area contributed by atoms with Gasteiger partial charge in [-0.3, -0.25) is 4.79 Å². The van der Waals surface area contributed by atoms with Gasteiger partial charge >= 0.3 is 0 Å². The van der Waals surface area contributed by atoms with Gasteiger partial charge in [0.05, 0.1) is 12.0 Å². The molecule has 0 bridgehead atoms. The topological polar surface area (TPSA) is 78.0 Å². The predicted octanol–water partition coefficient (Wildman–Crippen LogP) is 5.32. The number of carbonyl (C=O) groups is 1. The summed E-state index contributed by atoms with van der Waals surface area (Å²) in [4.78, 5) is 19.2. The fourth-order valence-electron chi connectivity index (χ4n) is 6.61. The first-order valence-electron chi connectivity index (χ1n) is 13.9. The Hall–Kier alpha value is -3.74. The maximum absolute atomic E-state index is 14.6. The molecule has 7 heteroatoms. The van der Waals surface area contributed by atoms with E-state index in [4.69, 9.17) is 0 Å². The first-order valence-corrected chi connectivity index (χ1v) is 13.9. The van der Waals surface area contributed by atoms with Crippen LogP contribution in [-0.2, 0) is 4.79 Å². The molecule has 4 atom stereocenters. The fourth-order valence-corrected chi connectivity index (χ4v) is 6.61. The standard InChI is InChI=1S/C31H36N6O/c1-21-10-8-14-24(18-21)29(23-12-4-3-5-13-23)31(38)37-20-25(19-28(37)30-32-34-35-33-30)36-17-7-6-15-26-22(2)11-9-16-27(26)36/h3-5,8-10,12-14,16,18,22,25,28-29H,6-7,11,15,17,19-20H2,1-2H3,(H,32,33,34,35)/t22?,25-,28-,29?/m0/s1. The van der Waals surface area contributed by atoms with E-state index < -0.39 is 5.92 Å². The van der Waals surface area contributed by atoms with Crippen LogP contribution in [0.5, 0.6) is 0 Å². The van der Waals surface area contributed by atoms with Crippen molar-refractivity contribution in [3.63, 3.8) is 0 Å². The molecular formula is C31H36N6O. The van der Waals surface area contributed by atoms with Crippen LogP contribution >= 0.6 is 0 Å². The first-order chi connectivity index (χ1) is 18.6. The number of rotatable bonds is 5. The second-order valence-corrected chi connectivity index (χ2v) is 11.0. The number of likely N-dealkylation sites (tertiary alicyclic amines) is 1. The Morgan fingerprint density at radius 2 is 1.92 bits per heavy atom. The molecular weight excluding hydrogens is 472 g/mol. The lowest BCUT2D eigenvalue weighted by Gasteiger charge is -2.35. The minimum absolute atomic E-state index is 0.0932. The number of H-pyrrole nitrogens is 1. The highest BCUT2D eigenvalue weighted by molar-refractivity contribution is 5.88. The molecule has 3 aliphatic rings. The van der Waals surface area contributed by atoms with Gasteiger partial charge in [0, 0.05) is 24.8 Å². The number of amides is 1. The van der Waals surface area contributed by atoms with Crippen LogP contribution in [0.1, 0.15) is 73.5 Å². The Morgan fingerprint density at radius 3 is 2.71 bits per heavy atom. The third kappa shape index (κ3) is 4.66. The highest BCUT2D eigenvalue weighted by atomic mass is 16.2. The number of carbonyl (C=O) groups excluding carboxylic acids is 1. The summed E-state index contributed by atoms with van der Waals surface area (Å²) in [5.41, 5.74) is 6.12. The van der Waals surface area contributed by atoms with Gasteiger partial charge in [0.1, 0.15) is 0 Å². The van der Waals surface area contributed by atoms with Crippen molar-refractivity contribution in [3.05, 3.63) is 101 Å². The number of nitrogens with one attached hydrogen (secondary N) is 1. The quantitative estimate of drug-likeness (QED) is 0.505. The van der Waals surface area contributed by atoms with E-state index in [-0.39, 0.29) is 18.0 Å². The zero-order valence-electron chi connectivity index (χ0n) is 22.3. The van der Waals surface area contributed by atoms with Crippen LogP contribution in [0.15, 0.2) is 78.0 Å². The predicted molar refractivity (Wildman–Crippen MR) is 147 cm³/mol. The number of tetrazole rings is 1. The number of nitrogens with zero attached hydrogens (tertiary/aromatic N) is 5. The van der Waals surface area contributed by atoms with Crippen LogP contribution in [0, 0.1) is 12.8 Å². The van der Waals surface area contributed by atoms with Crippen LogP contribution in [0.25, 0.3) is 0 Å². The minimum atomic E-state index is -0.391. The second-order valence-electron chi connectivity index (χ2n) is 11.0. The van der Waals surface area contributed by atoms with Crippen molar-refractivity contribution in [1.82, 2.24) is 30.4 Å². The number of hydrogen-bond donors (Lipinski definition) is 1. The summed E-state index contributed by atoms with van der Waals surface area (Å²) in [7, 11) is 0. The van der Waals surface area contributed by atoms with Crippen molar-refractivity contribution in [2.75, 3.05) is 13.1 Å². The Bertz CT molecular complexity index is 1330. The molecule has 1 aromatic heterocycles. The molecule has 1 saturated heterocycles. The van der Waals surface area contributed by atoms with Crippen LogP contribution in [0.2, 0.25) is 0 Å². The number of allylic oxidation sites excluding steroid dienone is 3. The molecule has 2 aliphatic heterocycles. The molecule has 0 spiro atoms. The molecule has 1 fully saturated rings. The Kier molecular flexibility index (Phi) is 6.83. The first kappa shape index (κ1) is 24.6. The molecule has 6 rings (SSSR count). The Morgan fingerprint density at radius 1 is 1.08 bits per heavy atom. The van der Waals surface area contributed by atoms with Crippen LogP contribution in [-0.4, -0.2) is 55.5 Å². The summed E-state index contributed by atoms with van der Waals surface area (Å²) in [5.74, 6) is 0.869. The minimum Gasteiger partial charge on any atom is -0.367 e. The number of benzene rings is 2. The molecule has 0 saturated carbocycles. The molecule has 1 N–H and O–H groups in total. The summed E-state index contributed by atoms with van der Waals surface area (Å²) in [6, 6.07) is 18.4. The van der Waals surface area contributed by atoms with Crippen molar-refractivity contribution in [2.45, 2.75) is 64.0 Å². The van der Waals surface area contributed by atoms with E-state index in [1.807, 2.05) is 29.2 Å². The average molecular weight is 509 g/mol. The van der Waals surface area contributed by atoms with Gasteiger partial charge in [-0.15, -0.1) is 10.2 Å². The molecule has 196 valence electrons. The number of aromatic amines is 1. The highest BCUT2D eigenvalue weighted by Crippen LogP contribution is 2.41. The van der Waals surface area contributed by atoms with Gasteiger partial charge in [0.25, 0.3) is 0 Å². The molecule has 3 heterocycles. The molecule has 38 heavy (non-hydrogen) atoms. The normalized spacial score (nSPS) is 24.3. The second kappa shape index (κ2) is 10.6. The molecule has 7 nitrogen and oxygen atoms in total. The monoisotopic (exact) mass is 508 g/mol. The van der Waals surface area contributed by atoms with E-state index >= 15 is 0 Å². The summed E-state index contributed by atoms with van der Waals surface area (Å²) < 4.78 is 0. The zero-order chi connectivity index (χ0) is 26.1. The van der Waals surface area contributed by atoms with E-state index in [9.17, 15) is 4.79 Å². The lowest BCUT2D eigenvalue weighted by molar-refractivity contribution is -0.133. The van der Waals surface area contributed by atoms with Crippen LogP contribution < -0.4 is 0 Å². The zero-order valence-corrected chi connectivity index (χ0v) is 22.3. The van der Waals surface area contributed by atoms with E-state index in [1.54, 1.807) is 5.57 Å². The van der Waals surface area contributed by atoms with Gasteiger partial charge in [-0.25, -0.2) is 0 Å². The smallest absolute Gasteiger partial charge is 0.235 e. The molecule has 0 radical (unpaired) electrons. The SMILES string of the molecule is Cc1cccc(C(C(=O)N2C[C@@H](N3CCCCC4=C3C=CCC4C)C[C@H]2c2nn[nH]n2)c2ccccc2)c1. The lowest BCUT2D eigenvalue weighted by atomic mass is 9.88. The molecule has 3 aromatic rings. The van der Waals surface area contributed by atoms with Gasteiger partial charge in [0.15, 0.2) is 5.82 Å². The molecule has 1 aliphatic carbocycles. The van der Waals surface area contributed by atoms with Gasteiger partial charge < -0.3 is 9.80 Å². The number of aryl methyl sites for hydroxylation is 1. The van der Waals surface area contributed by atoms with E-state index in [0.29, 0.717) is 18.3 Å². The Balaban J connectivity index is 1.38. The number of hydrogen-bond acceptors (Lipinski definition) is 5. The van der Waals surface area contributed by atoms with Gasteiger partial charge in [-0.05, 0) is 67.7 Å². The van der Waals surface area contributed by atoms with Crippen LogP contribution in [0.3, 0.4) is 0 Å². The molecule has 2 aromatic carbocycles. The Labute approximate surface area is 224 Å². The average Bonchev–Trinajstić information content (AvgIpc) is 3.56. The molecule has 1 amide bonds. The van der Waals surface area contributed by atoms with E-state index in [2.05, 4.69) is 81.9 Å². The van der Waals surface area contributed by atoms with Gasteiger partial charge in [0.2, 0.25) is 5.91 Å². The maximum Gasteiger partial charge on any atom is 0.235 e. The third-order valence-corrected chi connectivity index (χ3v) is 8.51. The molecule has 2 unspecified atom stereocenters. The van der Waals surface area contributed by atoms with Crippen molar-refractivity contribution in [2.24, 2.45) is 5.92 Å². The highest BCUT2D eigenvalue weighted by Gasteiger charge is 2.44. The van der Waals surface area contributed by atoms with Gasteiger partial charge in [-0.2, -0.15) is 5.21 Å². The lowest BCUT2D eigenvalue weighted by Crippen LogP contribution is -2.41. The van der Waals surface area contributed by atoms with E-state index in [1.165, 1.54) is 25.0 Å². The van der Waals surface area contributed by atoms with E-state index in [0.717, 1.165) is 36.1 Å². The summed E-state index contributed by atoms with van der Waals surface area (Å²) in [6.07, 6.45) is 10.1. The summed E-state index contributed by atoms with van der Waals surface area (Å²) in [5, 5.41) is 15.2. The van der Waals surface area contributed by atoms with Crippen molar-refractivity contribution < 1.29 is 4.79 Å². The number of aromatic nitrogens is 4. The van der Waals surface area contributed by atoms with Crippen molar-refractivity contribution in [1.29, 1.82) is 0 Å². The maximum atomic E-state index is 14.6. The summed E-state index contributed by atoms with van der Waals surface area (Å²) in [6.45, 7) is 6.09.